The van der Waals surface area contributed by atoms with E-state index in [1.807, 2.05) is 30.3 Å². The SMILES string of the molecule is NC1CC(NC(=O)c2ncc(-c3ccccc3)s2)C1.O=C(O)C(F)(F)F. The molecule has 1 aliphatic rings. The molecule has 0 unspecified atom stereocenters. The van der Waals surface area contributed by atoms with Gasteiger partial charge in [0, 0.05) is 18.3 Å². The van der Waals surface area contributed by atoms with Crippen LogP contribution < -0.4 is 11.1 Å². The van der Waals surface area contributed by atoms with Crippen LogP contribution in [0.1, 0.15) is 22.6 Å². The third-order valence-electron chi connectivity index (χ3n) is 3.51. The minimum atomic E-state index is -5.08. The van der Waals surface area contributed by atoms with Crippen molar-refractivity contribution in [2.75, 3.05) is 0 Å². The van der Waals surface area contributed by atoms with E-state index < -0.39 is 12.1 Å². The van der Waals surface area contributed by atoms with Gasteiger partial charge in [-0.1, -0.05) is 30.3 Å². The highest BCUT2D eigenvalue weighted by atomic mass is 32.1. The van der Waals surface area contributed by atoms with Crippen molar-refractivity contribution >= 4 is 23.2 Å². The Morgan fingerprint density at radius 2 is 1.81 bits per heavy atom. The molecule has 1 fully saturated rings. The molecule has 4 N–H and O–H groups in total. The van der Waals surface area contributed by atoms with Crippen molar-refractivity contribution in [3.63, 3.8) is 0 Å². The Morgan fingerprint density at radius 1 is 1.23 bits per heavy atom. The molecule has 0 spiro atoms. The monoisotopic (exact) mass is 387 g/mol. The van der Waals surface area contributed by atoms with E-state index in [2.05, 4.69) is 10.3 Å². The van der Waals surface area contributed by atoms with Gasteiger partial charge in [-0.05, 0) is 18.4 Å². The van der Waals surface area contributed by atoms with E-state index >= 15 is 0 Å². The molecule has 0 aliphatic heterocycles. The van der Waals surface area contributed by atoms with Gasteiger partial charge in [0.05, 0.1) is 4.88 Å². The number of carbonyl (C=O) groups excluding carboxylic acids is 1. The van der Waals surface area contributed by atoms with Crippen LogP contribution in [0, 0.1) is 0 Å². The fourth-order valence-corrected chi connectivity index (χ4v) is 2.97. The van der Waals surface area contributed by atoms with Crippen molar-refractivity contribution in [3.05, 3.63) is 41.5 Å². The predicted molar refractivity (Wildman–Crippen MR) is 89.7 cm³/mol. The molecule has 26 heavy (non-hydrogen) atoms. The van der Waals surface area contributed by atoms with Gasteiger partial charge in [-0.2, -0.15) is 13.2 Å². The summed E-state index contributed by atoms with van der Waals surface area (Å²) >= 11 is 1.42. The number of alkyl halides is 3. The highest BCUT2D eigenvalue weighted by molar-refractivity contribution is 7.16. The van der Waals surface area contributed by atoms with E-state index in [4.69, 9.17) is 15.6 Å². The minimum absolute atomic E-state index is 0.0934. The molecular weight excluding hydrogens is 371 g/mol. The summed E-state index contributed by atoms with van der Waals surface area (Å²) in [6.45, 7) is 0. The van der Waals surface area contributed by atoms with Gasteiger partial charge in [-0.25, -0.2) is 9.78 Å². The first-order chi connectivity index (χ1) is 12.2. The Balaban J connectivity index is 0.000000298. The lowest BCUT2D eigenvalue weighted by molar-refractivity contribution is -0.192. The summed E-state index contributed by atoms with van der Waals surface area (Å²) in [6, 6.07) is 10.4. The summed E-state index contributed by atoms with van der Waals surface area (Å²) in [6.07, 6.45) is -1.60. The van der Waals surface area contributed by atoms with Crippen LogP contribution in [-0.2, 0) is 4.79 Å². The Labute approximate surface area is 150 Å². The average molecular weight is 387 g/mol. The second kappa shape index (κ2) is 8.28. The van der Waals surface area contributed by atoms with Crippen molar-refractivity contribution in [2.45, 2.75) is 31.1 Å². The first-order valence-electron chi connectivity index (χ1n) is 7.54. The standard InChI is InChI=1S/C14H15N3OS.C2HF3O2/c15-10-6-11(7-10)17-13(18)14-16-8-12(19-14)9-4-2-1-3-5-9;3-2(4,5)1(6)7/h1-5,8,10-11H,6-7,15H2,(H,17,18);(H,6,7). The van der Waals surface area contributed by atoms with Gasteiger partial charge in [0.2, 0.25) is 0 Å². The van der Waals surface area contributed by atoms with Crippen LogP contribution in [0.5, 0.6) is 0 Å². The maximum atomic E-state index is 12.0. The number of nitrogens with two attached hydrogens (primary N) is 1. The van der Waals surface area contributed by atoms with E-state index in [1.165, 1.54) is 11.3 Å². The van der Waals surface area contributed by atoms with E-state index in [0.29, 0.717) is 5.01 Å². The number of nitrogens with zero attached hydrogens (tertiary/aromatic N) is 1. The second-order valence-corrected chi connectivity index (χ2v) is 6.63. The zero-order valence-corrected chi connectivity index (χ0v) is 14.2. The van der Waals surface area contributed by atoms with Crippen molar-refractivity contribution < 1.29 is 27.9 Å². The van der Waals surface area contributed by atoms with Crippen molar-refractivity contribution in [1.29, 1.82) is 0 Å². The van der Waals surface area contributed by atoms with Crippen LogP contribution in [0.25, 0.3) is 10.4 Å². The normalized spacial score (nSPS) is 18.9. The molecule has 0 atom stereocenters. The number of halogens is 3. The maximum absolute atomic E-state index is 12.0. The summed E-state index contributed by atoms with van der Waals surface area (Å²) < 4.78 is 31.7. The fourth-order valence-electron chi connectivity index (χ4n) is 2.14. The number of aromatic nitrogens is 1. The molecule has 3 rings (SSSR count). The topological polar surface area (TPSA) is 105 Å². The molecule has 0 bridgehead atoms. The summed E-state index contributed by atoms with van der Waals surface area (Å²) in [7, 11) is 0. The van der Waals surface area contributed by atoms with Crippen molar-refractivity contribution in [3.8, 4) is 10.4 Å². The minimum Gasteiger partial charge on any atom is -0.475 e. The zero-order chi connectivity index (χ0) is 19.3. The molecule has 1 amide bonds. The van der Waals surface area contributed by atoms with Crippen LogP contribution >= 0.6 is 11.3 Å². The molecule has 1 heterocycles. The molecule has 1 aromatic heterocycles. The average Bonchev–Trinajstić information content (AvgIpc) is 3.04. The number of carbonyl (C=O) groups is 2. The van der Waals surface area contributed by atoms with Crippen LogP contribution in [0.4, 0.5) is 13.2 Å². The van der Waals surface area contributed by atoms with E-state index in [0.717, 1.165) is 23.3 Å². The molecular formula is C16H16F3N3O3S. The second-order valence-electron chi connectivity index (χ2n) is 5.60. The molecule has 0 saturated heterocycles. The molecule has 1 saturated carbocycles. The van der Waals surface area contributed by atoms with Gasteiger partial charge in [0.1, 0.15) is 0 Å². The smallest absolute Gasteiger partial charge is 0.475 e. The fraction of sp³-hybridized carbons (Fsp3) is 0.312. The molecule has 140 valence electrons. The first-order valence-corrected chi connectivity index (χ1v) is 8.36. The Hall–Kier alpha value is -2.46. The van der Waals surface area contributed by atoms with Crippen LogP contribution in [0.3, 0.4) is 0 Å². The lowest BCUT2D eigenvalue weighted by atomic mass is 9.88. The predicted octanol–water partition coefficient (Wildman–Crippen LogP) is 2.66. The molecule has 1 aliphatic carbocycles. The third kappa shape index (κ3) is 5.53. The van der Waals surface area contributed by atoms with E-state index in [1.54, 1.807) is 6.20 Å². The maximum Gasteiger partial charge on any atom is 0.490 e. The Morgan fingerprint density at radius 3 is 2.31 bits per heavy atom. The van der Waals surface area contributed by atoms with Crippen molar-refractivity contribution in [1.82, 2.24) is 10.3 Å². The number of rotatable bonds is 3. The molecule has 0 radical (unpaired) electrons. The number of carboxylic acid groups (broad SMARTS) is 1. The summed E-state index contributed by atoms with van der Waals surface area (Å²) in [5.41, 5.74) is 6.79. The van der Waals surface area contributed by atoms with Crippen LogP contribution in [0.15, 0.2) is 36.5 Å². The lowest BCUT2D eigenvalue weighted by Crippen LogP contribution is -2.50. The van der Waals surface area contributed by atoms with E-state index in [9.17, 15) is 18.0 Å². The quantitative estimate of drug-likeness (QED) is 0.751. The number of nitrogens with one attached hydrogen (secondary N) is 1. The van der Waals surface area contributed by atoms with Gasteiger partial charge >= 0.3 is 12.1 Å². The van der Waals surface area contributed by atoms with Gasteiger partial charge in [-0.3, -0.25) is 4.79 Å². The van der Waals surface area contributed by atoms with Gasteiger partial charge in [-0.15, -0.1) is 11.3 Å². The largest absolute Gasteiger partial charge is 0.490 e. The lowest BCUT2D eigenvalue weighted by Gasteiger charge is -2.32. The number of hydrogen-bond donors (Lipinski definition) is 3. The summed E-state index contributed by atoms with van der Waals surface area (Å²) in [5.74, 6) is -2.85. The molecule has 10 heteroatoms. The number of carboxylic acids is 1. The number of benzene rings is 1. The highest BCUT2D eigenvalue weighted by Crippen LogP contribution is 2.26. The van der Waals surface area contributed by atoms with Gasteiger partial charge in [0.25, 0.3) is 5.91 Å². The third-order valence-corrected chi connectivity index (χ3v) is 4.56. The Bertz CT molecular complexity index is 759. The van der Waals surface area contributed by atoms with Crippen molar-refractivity contribution in [2.24, 2.45) is 5.73 Å². The number of amides is 1. The van der Waals surface area contributed by atoms with Crippen LogP contribution in [0.2, 0.25) is 0 Å². The molecule has 6 nitrogen and oxygen atoms in total. The Kier molecular flexibility index (Phi) is 6.32. The van der Waals surface area contributed by atoms with Gasteiger partial charge < -0.3 is 16.2 Å². The number of hydrogen-bond acceptors (Lipinski definition) is 5. The zero-order valence-electron chi connectivity index (χ0n) is 13.4. The summed E-state index contributed by atoms with van der Waals surface area (Å²) in [4.78, 5) is 26.1. The van der Waals surface area contributed by atoms with Gasteiger partial charge in [0.15, 0.2) is 5.01 Å². The molecule has 1 aromatic carbocycles. The highest BCUT2D eigenvalue weighted by Gasteiger charge is 2.38. The first kappa shape index (κ1) is 19.9. The molecule has 2 aromatic rings. The number of aliphatic carboxylic acids is 1. The number of thiazole rings is 1. The summed E-state index contributed by atoms with van der Waals surface area (Å²) in [5, 5.41) is 10.6. The van der Waals surface area contributed by atoms with E-state index in [-0.39, 0.29) is 18.0 Å². The van der Waals surface area contributed by atoms with Crippen LogP contribution in [-0.4, -0.2) is 40.2 Å².